The summed E-state index contributed by atoms with van der Waals surface area (Å²) in [7, 11) is 0. The van der Waals surface area contributed by atoms with E-state index >= 15 is 0 Å². The van der Waals surface area contributed by atoms with E-state index in [4.69, 9.17) is 11.6 Å². The third-order valence-corrected chi connectivity index (χ3v) is 7.20. The van der Waals surface area contributed by atoms with Gasteiger partial charge in [0.05, 0.1) is 12.6 Å². The average Bonchev–Trinajstić information content (AvgIpc) is 2.86. The average molecular weight is 462 g/mol. The third kappa shape index (κ3) is 5.45. The molecule has 1 saturated heterocycles. The van der Waals surface area contributed by atoms with Crippen molar-refractivity contribution in [3.63, 3.8) is 0 Å². The number of hydrogen-bond donors (Lipinski definition) is 1. The van der Waals surface area contributed by atoms with Crippen LogP contribution in [0, 0.1) is 0 Å². The number of likely N-dealkylation sites (tertiary alicyclic amines) is 1. The molecule has 3 aromatic rings. The molecule has 1 amide bonds. The first kappa shape index (κ1) is 23.5. The van der Waals surface area contributed by atoms with E-state index in [0.29, 0.717) is 5.02 Å². The van der Waals surface area contributed by atoms with Crippen molar-refractivity contribution in [2.75, 3.05) is 19.6 Å². The largest absolute Gasteiger partial charge is 0.342 e. The van der Waals surface area contributed by atoms with Crippen LogP contribution >= 0.6 is 11.6 Å². The molecule has 0 aliphatic carbocycles. The Balaban J connectivity index is 1.41. The first-order valence-corrected chi connectivity index (χ1v) is 12.1. The number of nitrogens with zero attached hydrogens (tertiary/aromatic N) is 2. The second kappa shape index (κ2) is 10.5. The molecule has 0 saturated carbocycles. The van der Waals surface area contributed by atoms with Gasteiger partial charge in [0.2, 0.25) is 5.91 Å². The Labute approximate surface area is 202 Å². The van der Waals surface area contributed by atoms with Crippen molar-refractivity contribution >= 4 is 17.5 Å². The lowest BCUT2D eigenvalue weighted by Gasteiger charge is -2.41. The van der Waals surface area contributed by atoms with Gasteiger partial charge in [-0.25, -0.2) is 0 Å². The summed E-state index contributed by atoms with van der Waals surface area (Å²) in [5.41, 5.74) is 5.07. The van der Waals surface area contributed by atoms with Crippen LogP contribution in [-0.2, 0) is 16.6 Å². The van der Waals surface area contributed by atoms with Gasteiger partial charge in [-0.15, -0.1) is 0 Å². The van der Waals surface area contributed by atoms with Gasteiger partial charge >= 0.3 is 0 Å². The van der Waals surface area contributed by atoms with E-state index in [9.17, 15) is 4.79 Å². The number of rotatable bonds is 7. The third-order valence-electron chi connectivity index (χ3n) is 6.95. The van der Waals surface area contributed by atoms with Gasteiger partial charge in [-0.05, 0) is 65.1 Å². The van der Waals surface area contributed by atoms with Crippen LogP contribution in [0.3, 0.4) is 0 Å². The molecule has 0 spiro atoms. The number of carbonyl (C=O) groups is 1. The Bertz CT molecular complexity index is 1060. The molecule has 4 rings (SSSR count). The lowest BCUT2D eigenvalue weighted by Crippen LogP contribution is -2.47. The molecule has 1 N–H and O–H groups in total. The van der Waals surface area contributed by atoms with Crippen molar-refractivity contribution in [1.82, 2.24) is 15.2 Å². The van der Waals surface area contributed by atoms with Gasteiger partial charge in [-0.3, -0.25) is 15.1 Å². The zero-order chi connectivity index (χ0) is 23.3. The molecule has 0 bridgehead atoms. The predicted molar refractivity (Wildman–Crippen MR) is 135 cm³/mol. The molecule has 33 heavy (non-hydrogen) atoms. The topological polar surface area (TPSA) is 45.2 Å². The van der Waals surface area contributed by atoms with Crippen LogP contribution in [0.4, 0.5) is 0 Å². The molecule has 2 heterocycles. The number of nitrogens with one attached hydrogen (secondary N) is 1. The Morgan fingerprint density at radius 2 is 1.79 bits per heavy atom. The van der Waals surface area contributed by atoms with Crippen LogP contribution in [-0.4, -0.2) is 35.4 Å². The normalized spacial score (nSPS) is 16.4. The zero-order valence-corrected chi connectivity index (χ0v) is 20.2. The summed E-state index contributed by atoms with van der Waals surface area (Å²) in [6, 6.07) is 20.3. The molecule has 4 nitrogen and oxygen atoms in total. The van der Waals surface area contributed by atoms with Gasteiger partial charge in [0.15, 0.2) is 0 Å². The SMILES string of the molecule is CCc1ccccc1C1(C)CCN(C(=O)CNC(c2ccc(Cl)cc2)c2cccnc2)CC1. The molecule has 5 heteroatoms. The van der Waals surface area contributed by atoms with Crippen LogP contribution in [0.1, 0.15) is 55.0 Å². The Morgan fingerprint density at radius 3 is 2.45 bits per heavy atom. The van der Waals surface area contributed by atoms with Gasteiger partial charge in [0.1, 0.15) is 0 Å². The second-order valence-electron chi connectivity index (χ2n) is 9.10. The summed E-state index contributed by atoms with van der Waals surface area (Å²) < 4.78 is 0. The molecular weight excluding hydrogens is 430 g/mol. The van der Waals surface area contributed by atoms with E-state index in [1.54, 1.807) is 6.20 Å². The molecule has 1 unspecified atom stereocenters. The number of aryl methyl sites for hydroxylation is 1. The zero-order valence-electron chi connectivity index (χ0n) is 19.4. The van der Waals surface area contributed by atoms with Gasteiger partial charge in [0, 0.05) is 30.5 Å². The van der Waals surface area contributed by atoms with Crippen molar-refractivity contribution in [3.05, 3.63) is 100 Å². The summed E-state index contributed by atoms with van der Waals surface area (Å²) in [5.74, 6) is 0.142. The van der Waals surface area contributed by atoms with Crippen LogP contribution < -0.4 is 5.32 Å². The Hall–Kier alpha value is -2.69. The fraction of sp³-hybridized carbons (Fsp3) is 0.357. The molecule has 0 radical (unpaired) electrons. The van der Waals surface area contributed by atoms with E-state index in [1.807, 2.05) is 47.5 Å². The number of halogens is 1. The lowest BCUT2D eigenvalue weighted by molar-refractivity contribution is -0.131. The number of hydrogen-bond acceptors (Lipinski definition) is 3. The summed E-state index contributed by atoms with van der Waals surface area (Å²) in [6.45, 7) is 6.41. The van der Waals surface area contributed by atoms with Crippen molar-refractivity contribution in [2.45, 2.75) is 44.6 Å². The van der Waals surface area contributed by atoms with Crippen LogP contribution in [0.15, 0.2) is 73.1 Å². The smallest absolute Gasteiger partial charge is 0.236 e. The molecule has 1 aliphatic rings. The second-order valence-corrected chi connectivity index (χ2v) is 9.54. The molecule has 1 aromatic heterocycles. The van der Waals surface area contributed by atoms with E-state index in [2.05, 4.69) is 48.4 Å². The van der Waals surface area contributed by atoms with Gasteiger partial charge in [-0.2, -0.15) is 0 Å². The van der Waals surface area contributed by atoms with E-state index in [1.165, 1.54) is 11.1 Å². The number of pyridine rings is 1. The van der Waals surface area contributed by atoms with Crippen LogP contribution in [0.25, 0.3) is 0 Å². The van der Waals surface area contributed by atoms with Gasteiger partial charge < -0.3 is 4.90 Å². The standard InChI is InChI=1S/C28H32ClN3O/c1-3-21-7-4-5-9-25(21)28(2)14-17-32(18-15-28)26(33)20-31-27(23-8-6-16-30-19-23)22-10-12-24(29)13-11-22/h4-13,16,19,27,31H,3,14-15,17-18,20H2,1-2H3. The van der Waals surface area contributed by atoms with Crippen molar-refractivity contribution < 1.29 is 4.79 Å². The van der Waals surface area contributed by atoms with Crippen LogP contribution in [0.5, 0.6) is 0 Å². The lowest BCUT2D eigenvalue weighted by atomic mass is 9.72. The maximum Gasteiger partial charge on any atom is 0.236 e. The molecule has 1 fully saturated rings. The molecule has 2 aromatic carbocycles. The maximum atomic E-state index is 13.1. The fourth-order valence-corrected chi connectivity index (χ4v) is 4.99. The highest BCUT2D eigenvalue weighted by Gasteiger charge is 2.34. The van der Waals surface area contributed by atoms with Crippen LogP contribution in [0.2, 0.25) is 5.02 Å². The summed E-state index contributed by atoms with van der Waals surface area (Å²) in [5, 5.41) is 4.16. The summed E-state index contributed by atoms with van der Waals surface area (Å²) >= 11 is 6.08. The highest BCUT2D eigenvalue weighted by Crippen LogP contribution is 2.37. The minimum atomic E-state index is -0.119. The maximum absolute atomic E-state index is 13.1. The number of piperidine rings is 1. The Kier molecular flexibility index (Phi) is 7.46. The van der Waals surface area contributed by atoms with E-state index in [0.717, 1.165) is 43.5 Å². The first-order chi connectivity index (χ1) is 16.0. The fourth-order valence-electron chi connectivity index (χ4n) is 4.87. The summed E-state index contributed by atoms with van der Waals surface area (Å²) in [4.78, 5) is 19.4. The van der Waals surface area contributed by atoms with E-state index < -0.39 is 0 Å². The van der Waals surface area contributed by atoms with Gasteiger partial charge in [-0.1, -0.05) is 67.9 Å². The first-order valence-electron chi connectivity index (χ1n) is 11.7. The minimum Gasteiger partial charge on any atom is -0.342 e. The molecule has 172 valence electrons. The predicted octanol–water partition coefficient (Wildman–Crippen LogP) is 5.56. The highest BCUT2D eigenvalue weighted by atomic mass is 35.5. The van der Waals surface area contributed by atoms with Gasteiger partial charge in [0.25, 0.3) is 0 Å². The molecule has 1 atom stereocenters. The molecule has 1 aliphatic heterocycles. The number of carbonyl (C=O) groups excluding carboxylic acids is 1. The van der Waals surface area contributed by atoms with E-state index in [-0.39, 0.29) is 23.9 Å². The monoisotopic (exact) mass is 461 g/mol. The van der Waals surface area contributed by atoms with Crippen molar-refractivity contribution in [3.8, 4) is 0 Å². The van der Waals surface area contributed by atoms with Crippen molar-refractivity contribution in [1.29, 1.82) is 0 Å². The molecular formula is C28H32ClN3O. The number of amides is 1. The Morgan fingerprint density at radius 1 is 1.06 bits per heavy atom. The highest BCUT2D eigenvalue weighted by molar-refractivity contribution is 6.30. The minimum absolute atomic E-state index is 0.119. The number of benzene rings is 2. The quantitative estimate of drug-likeness (QED) is 0.501. The van der Waals surface area contributed by atoms with Crippen molar-refractivity contribution in [2.24, 2.45) is 0 Å². The number of aromatic nitrogens is 1. The summed E-state index contributed by atoms with van der Waals surface area (Å²) in [6.07, 6.45) is 6.61.